The Kier molecular flexibility index (Phi) is 3.72. The Hall–Kier alpha value is -0.160. The van der Waals surface area contributed by atoms with Gasteiger partial charge in [0.15, 0.2) is 6.54 Å². The van der Waals surface area contributed by atoms with Crippen molar-refractivity contribution in [3.8, 4) is 0 Å². The first-order valence-electron chi connectivity index (χ1n) is 2.80. The van der Waals surface area contributed by atoms with E-state index in [1.54, 1.807) is 0 Å². The Labute approximate surface area is 55.4 Å². The van der Waals surface area contributed by atoms with Crippen LogP contribution in [0.5, 0.6) is 0 Å². The van der Waals surface area contributed by atoms with Crippen LogP contribution in [-0.2, 0) is 14.5 Å². The van der Waals surface area contributed by atoms with Gasteiger partial charge in [-0.2, -0.15) is 0 Å². The number of hydroxylamine groups is 3. The first-order valence-corrected chi connectivity index (χ1v) is 2.80. The molecule has 0 aliphatic rings. The summed E-state index contributed by atoms with van der Waals surface area (Å²) in [7, 11) is 4.57. The van der Waals surface area contributed by atoms with E-state index in [1.165, 1.54) is 21.3 Å². The van der Waals surface area contributed by atoms with E-state index in [4.69, 9.17) is 14.5 Å². The highest BCUT2D eigenvalue weighted by atomic mass is 17.2. The highest BCUT2D eigenvalue weighted by molar-refractivity contribution is 3.93. The lowest BCUT2D eigenvalue weighted by atomic mass is 10.8. The summed E-state index contributed by atoms with van der Waals surface area (Å²) >= 11 is 0. The molecular formula is C5H14NO3+. The van der Waals surface area contributed by atoms with Crippen molar-refractivity contribution in [2.75, 3.05) is 27.9 Å². The average molecular weight is 136 g/mol. The lowest BCUT2D eigenvalue weighted by Gasteiger charge is -2.22. The standard InChI is InChI=1S/C5H14NO3/c1-5-6(7-2,8-3)9-4/h5H2,1-4H3/q+1. The highest BCUT2D eigenvalue weighted by Crippen LogP contribution is 2.05. The molecule has 0 spiro atoms. The van der Waals surface area contributed by atoms with Gasteiger partial charge in [0, 0.05) is 0 Å². The summed E-state index contributed by atoms with van der Waals surface area (Å²) in [5.74, 6) is 0. The van der Waals surface area contributed by atoms with Crippen LogP contribution in [0, 0.1) is 0 Å². The van der Waals surface area contributed by atoms with Gasteiger partial charge in [-0.1, -0.05) is 0 Å². The molecule has 0 amide bonds. The molecule has 0 N–H and O–H groups in total. The molecule has 0 rings (SSSR count). The summed E-state index contributed by atoms with van der Waals surface area (Å²) in [5, 5.41) is 0. The summed E-state index contributed by atoms with van der Waals surface area (Å²) in [6, 6.07) is 0. The zero-order valence-electron chi connectivity index (χ0n) is 6.38. The van der Waals surface area contributed by atoms with Gasteiger partial charge in [-0.05, 0) is 6.92 Å². The first kappa shape index (κ1) is 8.84. The summed E-state index contributed by atoms with van der Waals surface area (Å²) in [6.07, 6.45) is 0. The maximum atomic E-state index is 4.88. The fraction of sp³-hybridized carbons (Fsp3) is 1.00. The van der Waals surface area contributed by atoms with Crippen LogP contribution in [0.3, 0.4) is 0 Å². The zero-order chi connectivity index (χ0) is 7.33. The van der Waals surface area contributed by atoms with Crippen LogP contribution >= 0.6 is 0 Å². The number of nitrogens with zero attached hydrogens (tertiary/aromatic N) is 1. The van der Waals surface area contributed by atoms with Crippen molar-refractivity contribution in [1.29, 1.82) is 0 Å². The molecule has 0 aromatic heterocycles. The third kappa shape index (κ3) is 1.91. The average Bonchev–Trinajstić information content (AvgIpc) is 1.95. The van der Waals surface area contributed by atoms with E-state index in [0.717, 1.165) is 0 Å². The second-order valence-corrected chi connectivity index (χ2v) is 1.47. The lowest BCUT2D eigenvalue weighted by Crippen LogP contribution is -2.44. The Morgan fingerprint density at radius 1 is 1.00 bits per heavy atom. The largest absolute Gasteiger partial charge is 0.175 e. The molecule has 0 aromatic carbocycles. The van der Waals surface area contributed by atoms with Gasteiger partial charge in [-0.25, -0.2) is 0 Å². The van der Waals surface area contributed by atoms with E-state index in [0.29, 0.717) is 6.54 Å². The second kappa shape index (κ2) is 3.79. The molecule has 0 radical (unpaired) electrons. The Morgan fingerprint density at radius 3 is 1.33 bits per heavy atom. The fourth-order valence-electron chi connectivity index (χ4n) is 0.611. The van der Waals surface area contributed by atoms with Crippen molar-refractivity contribution < 1.29 is 19.5 Å². The summed E-state index contributed by atoms with van der Waals surface area (Å²) in [6.45, 7) is 2.51. The van der Waals surface area contributed by atoms with Crippen molar-refractivity contribution in [1.82, 2.24) is 0 Å². The quantitative estimate of drug-likeness (QED) is 0.416. The van der Waals surface area contributed by atoms with Crippen LogP contribution in [-0.4, -0.2) is 32.8 Å². The predicted octanol–water partition coefficient (Wildman–Crippen LogP) is 0.507. The third-order valence-electron chi connectivity index (χ3n) is 1.22. The van der Waals surface area contributed by atoms with Crippen molar-refractivity contribution in [2.24, 2.45) is 0 Å². The molecule has 0 bridgehead atoms. The zero-order valence-corrected chi connectivity index (χ0v) is 6.38. The summed E-state index contributed by atoms with van der Waals surface area (Å²) in [4.78, 5) is 14.4. The number of hydrogen-bond acceptors (Lipinski definition) is 3. The van der Waals surface area contributed by atoms with Crippen LogP contribution in [0.25, 0.3) is 0 Å². The van der Waals surface area contributed by atoms with Gasteiger partial charge in [0.2, 0.25) is 0 Å². The SMILES string of the molecule is CC[N+](OC)(OC)OC. The van der Waals surface area contributed by atoms with Crippen molar-refractivity contribution in [2.45, 2.75) is 6.92 Å². The van der Waals surface area contributed by atoms with Crippen LogP contribution in [0.15, 0.2) is 0 Å². The molecule has 4 nitrogen and oxygen atoms in total. The van der Waals surface area contributed by atoms with Crippen LogP contribution < -0.4 is 0 Å². The Balaban J connectivity index is 3.82. The lowest BCUT2D eigenvalue weighted by molar-refractivity contribution is -1.36. The van der Waals surface area contributed by atoms with Gasteiger partial charge in [0.05, 0.1) is 4.97 Å². The second-order valence-electron chi connectivity index (χ2n) is 1.47. The minimum atomic E-state index is -0.222. The number of hydrogen-bond donors (Lipinski definition) is 0. The molecule has 0 saturated carbocycles. The van der Waals surface area contributed by atoms with E-state index in [2.05, 4.69) is 0 Å². The molecule has 0 aliphatic carbocycles. The van der Waals surface area contributed by atoms with E-state index < -0.39 is 0 Å². The van der Waals surface area contributed by atoms with Crippen molar-refractivity contribution in [3.63, 3.8) is 0 Å². The Bertz CT molecular complexity index is 55.1. The minimum absolute atomic E-state index is 0.222. The van der Waals surface area contributed by atoms with Crippen molar-refractivity contribution >= 4 is 0 Å². The van der Waals surface area contributed by atoms with E-state index >= 15 is 0 Å². The predicted molar refractivity (Wildman–Crippen MR) is 31.8 cm³/mol. The molecule has 0 unspecified atom stereocenters. The Morgan fingerprint density at radius 2 is 1.33 bits per heavy atom. The monoisotopic (exact) mass is 136 g/mol. The van der Waals surface area contributed by atoms with Gasteiger partial charge in [0.25, 0.3) is 0 Å². The highest BCUT2D eigenvalue weighted by Gasteiger charge is 2.26. The van der Waals surface area contributed by atoms with E-state index in [9.17, 15) is 0 Å². The van der Waals surface area contributed by atoms with E-state index in [-0.39, 0.29) is 4.97 Å². The molecule has 0 aromatic rings. The normalized spacial score (nSPS) is 12.0. The van der Waals surface area contributed by atoms with Gasteiger partial charge in [-0.3, -0.25) is 0 Å². The molecule has 56 valence electrons. The van der Waals surface area contributed by atoms with E-state index in [1.807, 2.05) is 6.92 Å². The van der Waals surface area contributed by atoms with Crippen LogP contribution in [0.2, 0.25) is 0 Å². The molecule has 0 atom stereocenters. The fourth-order valence-corrected chi connectivity index (χ4v) is 0.611. The molecule has 0 fully saturated rings. The molecule has 4 heteroatoms. The molecular weight excluding hydrogens is 122 g/mol. The number of rotatable bonds is 4. The van der Waals surface area contributed by atoms with Gasteiger partial charge in [-0.15, -0.1) is 14.5 Å². The number of quaternary nitrogens is 1. The smallest absolute Gasteiger partial charge is 0.135 e. The first-order chi connectivity index (χ1) is 4.24. The molecule has 0 saturated heterocycles. The maximum Gasteiger partial charge on any atom is 0.175 e. The van der Waals surface area contributed by atoms with Crippen LogP contribution in [0.4, 0.5) is 0 Å². The van der Waals surface area contributed by atoms with Gasteiger partial charge < -0.3 is 0 Å². The van der Waals surface area contributed by atoms with Gasteiger partial charge >= 0.3 is 0 Å². The van der Waals surface area contributed by atoms with Gasteiger partial charge in [0.1, 0.15) is 21.3 Å². The summed E-state index contributed by atoms with van der Waals surface area (Å²) < 4.78 is 0. The molecule has 0 heterocycles. The molecule has 0 aliphatic heterocycles. The van der Waals surface area contributed by atoms with Crippen molar-refractivity contribution in [3.05, 3.63) is 0 Å². The molecule has 9 heavy (non-hydrogen) atoms. The summed E-state index contributed by atoms with van der Waals surface area (Å²) in [5.41, 5.74) is 0. The maximum absolute atomic E-state index is 4.88. The minimum Gasteiger partial charge on any atom is -0.135 e. The van der Waals surface area contributed by atoms with Crippen LogP contribution in [0.1, 0.15) is 6.92 Å². The third-order valence-corrected chi connectivity index (χ3v) is 1.22. The topological polar surface area (TPSA) is 27.7 Å².